The molecule has 0 fully saturated rings. The third-order valence-electron chi connectivity index (χ3n) is 4.09. The molecule has 0 saturated heterocycles. The molecule has 5 heteroatoms. The molecule has 0 N–H and O–H groups in total. The fourth-order valence-corrected chi connectivity index (χ4v) is 2.98. The van der Waals surface area contributed by atoms with Crippen molar-refractivity contribution in [3.05, 3.63) is 34.9 Å². The predicted molar refractivity (Wildman–Crippen MR) is 87.2 cm³/mol. The zero-order valence-electron chi connectivity index (χ0n) is 14.3. The summed E-state index contributed by atoms with van der Waals surface area (Å²) in [6.07, 6.45) is 0.809. The van der Waals surface area contributed by atoms with Crippen molar-refractivity contribution >= 4 is 11.9 Å². The number of amides is 1. The molecule has 5 nitrogen and oxygen atoms in total. The van der Waals surface area contributed by atoms with Crippen molar-refractivity contribution in [3.8, 4) is 0 Å². The van der Waals surface area contributed by atoms with E-state index in [0.717, 1.165) is 17.5 Å². The lowest BCUT2D eigenvalue weighted by atomic mass is 10.0. The molecule has 1 amide bonds. The summed E-state index contributed by atoms with van der Waals surface area (Å²) in [4.78, 5) is 26.5. The van der Waals surface area contributed by atoms with E-state index in [1.165, 1.54) is 0 Å². The smallest absolute Gasteiger partial charge is 0.329 e. The number of carbonyl (C=O) groups is 2. The van der Waals surface area contributed by atoms with Gasteiger partial charge in [-0.1, -0.05) is 26.0 Å². The Kier molecular flexibility index (Phi) is 5.77. The maximum Gasteiger partial charge on any atom is 0.329 e. The standard InChI is InChI=1S/C18H25NO4/c1-5-23-18(21)16(12(2)3)19-11-14-10-13(8-9-22-4)6-7-15(14)17(19)20/h6-7,10,12,16H,5,8-9,11H2,1-4H3. The maximum atomic E-state index is 12.7. The minimum atomic E-state index is -0.544. The van der Waals surface area contributed by atoms with E-state index in [1.807, 2.05) is 32.0 Å². The first kappa shape index (κ1) is 17.5. The summed E-state index contributed by atoms with van der Waals surface area (Å²) < 4.78 is 10.2. The van der Waals surface area contributed by atoms with E-state index in [1.54, 1.807) is 18.9 Å². The second kappa shape index (κ2) is 7.59. The highest BCUT2D eigenvalue weighted by Gasteiger charge is 2.38. The molecular formula is C18H25NO4. The molecule has 0 radical (unpaired) electrons. The third kappa shape index (κ3) is 3.72. The van der Waals surface area contributed by atoms with Gasteiger partial charge in [-0.05, 0) is 36.5 Å². The van der Waals surface area contributed by atoms with Crippen molar-refractivity contribution in [2.24, 2.45) is 5.92 Å². The van der Waals surface area contributed by atoms with Crippen molar-refractivity contribution in [1.29, 1.82) is 0 Å². The second-order valence-corrected chi connectivity index (χ2v) is 6.11. The number of fused-ring (bicyclic) bond motifs is 1. The highest BCUT2D eigenvalue weighted by molar-refractivity contribution is 6.00. The SMILES string of the molecule is CCOC(=O)C(C(C)C)N1Cc2cc(CCOC)ccc2C1=O. The summed E-state index contributed by atoms with van der Waals surface area (Å²) >= 11 is 0. The number of nitrogens with zero attached hydrogens (tertiary/aromatic N) is 1. The molecular weight excluding hydrogens is 294 g/mol. The maximum absolute atomic E-state index is 12.7. The summed E-state index contributed by atoms with van der Waals surface area (Å²) in [6, 6.07) is 5.30. The van der Waals surface area contributed by atoms with Crippen molar-refractivity contribution < 1.29 is 19.1 Å². The fourth-order valence-electron chi connectivity index (χ4n) is 2.98. The highest BCUT2D eigenvalue weighted by atomic mass is 16.5. The summed E-state index contributed by atoms with van der Waals surface area (Å²) in [5.41, 5.74) is 2.79. The molecule has 0 spiro atoms. The molecule has 23 heavy (non-hydrogen) atoms. The van der Waals surface area contributed by atoms with Crippen LogP contribution >= 0.6 is 0 Å². The van der Waals surface area contributed by atoms with Gasteiger partial charge in [0.15, 0.2) is 0 Å². The number of hydrogen-bond donors (Lipinski definition) is 0. The first-order valence-corrected chi connectivity index (χ1v) is 8.07. The van der Waals surface area contributed by atoms with Crippen molar-refractivity contribution in [2.45, 2.75) is 39.8 Å². The van der Waals surface area contributed by atoms with Gasteiger partial charge >= 0.3 is 5.97 Å². The van der Waals surface area contributed by atoms with Gasteiger partial charge in [-0.15, -0.1) is 0 Å². The van der Waals surface area contributed by atoms with Crippen LogP contribution in [0.2, 0.25) is 0 Å². The van der Waals surface area contributed by atoms with Crippen LogP contribution in [-0.2, 0) is 27.2 Å². The summed E-state index contributed by atoms with van der Waals surface area (Å²) in [7, 11) is 1.67. The number of esters is 1. The van der Waals surface area contributed by atoms with Gasteiger partial charge < -0.3 is 14.4 Å². The number of benzene rings is 1. The first-order valence-electron chi connectivity index (χ1n) is 8.07. The topological polar surface area (TPSA) is 55.8 Å². The van der Waals surface area contributed by atoms with Crippen LogP contribution < -0.4 is 0 Å². The Morgan fingerprint density at radius 1 is 1.35 bits per heavy atom. The van der Waals surface area contributed by atoms with Crippen LogP contribution in [0.1, 0.15) is 42.3 Å². The van der Waals surface area contributed by atoms with Crippen LogP contribution in [0.5, 0.6) is 0 Å². The van der Waals surface area contributed by atoms with E-state index in [-0.39, 0.29) is 17.8 Å². The lowest BCUT2D eigenvalue weighted by Gasteiger charge is -2.28. The van der Waals surface area contributed by atoms with Gasteiger partial charge in [0.2, 0.25) is 0 Å². The summed E-state index contributed by atoms with van der Waals surface area (Å²) in [5, 5.41) is 0. The molecule has 1 atom stereocenters. The van der Waals surface area contributed by atoms with E-state index in [4.69, 9.17) is 9.47 Å². The number of ether oxygens (including phenoxy) is 2. The van der Waals surface area contributed by atoms with E-state index >= 15 is 0 Å². The molecule has 1 unspecified atom stereocenters. The van der Waals surface area contributed by atoms with Gasteiger partial charge in [-0.25, -0.2) is 4.79 Å². The van der Waals surface area contributed by atoms with Crippen molar-refractivity contribution in [3.63, 3.8) is 0 Å². The van der Waals surface area contributed by atoms with Gasteiger partial charge in [0, 0.05) is 19.2 Å². The first-order chi connectivity index (χ1) is 11.0. The van der Waals surface area contributed by atoms with Gasteiger partial charge in [-0.3, -0.25) is 4.79 Å². The minimum Gasteiger partial charge on any atom is -0.464 e. The van der Waals surface area contributed by atoms with Crippen LogP contribution in [0.25, 0.3) is 0 Å². The van der Waals surface area contributed by atoms with Crippen LogP contribution in [0.15, 0.2) is 18.2 Å². The second-order valence-electron chi connectivity index (χ2n) is 6.11. The zero-order valence-corrected chi connectivity index (χ0v) is 14.3. The molecule has 2 rings (SSSR count). The average Bonchev–Trinajstić information content (AvgIpc) is 2.82. The largest absolute Gasteiger partial charge is 0.464 e. The molecule has 0 bridgehead atoms. The van der Waals surface area contributed by atoms with Crippen LogP contribution in [0.3, 0.4) is 0 Å². The molecule has 0 saturated carbocycles. The van der Waals surface area contributed by atoms with Gasteiger partial charge in [0.25, 0.3) is 5.91 Å². The molecule has 1 aromatic rings. The molecule has 1 aromatic carbocycles. The number of hydrogen-bond acceptors (Lipinski definition) is 4. The molecule has 0 aromatic heterocycles. The van der Waals surface area contributed by atoms with Crippen LogP contribution in [0.4, 0.5) is 0 Å². The predicted octanol–water partition coefficient (Wildman–Crippen LogP) is 2.42. The van der Waals surface area contributed by atoms with Crippen molar-refractivity contribution in [1.82, 2.24) is 4.90 Å². The van der Waals surface area contributed by atoms with Gasteiger partial charge in [-0.2, -0.15) is 0 Å². The molecule has 1 aliphatic heterocycles. The van der Waals surface area contributed by atoms with Crippen molar-refractivity contribution in [2.75, 3.05) is 20.3 Å². The normalized spacial score (nSPS) is 15.0. The van der Waals surface area contributed by atoms with E-state index in [0.29, 0.717) is 25.3 Å². The number of methoxy groups -OCH3 is 1. The Balaban J connectivity index is 2.22. The summed E-state index contributed by atoms with van der Waals surface area (Å²) in [5.74, 6) is -0.423. The van der Waals surface area contributed by atoms with Gasteiger partial charge in [0.1, 0.15) is 6.04 Å². The zero-order chi connectivity index (χ0) is 17.0. The van der Waals surface area contributed by atoms with Crippen LogP contribution in [-0.4, -0.2) is 43.1 Å². The Morgan fingerprint density at radius 2 is 2.09 bits per heavy atom. The Hall–Kier alpha value is -1.88. The number of rotatable bonds is 7. The van der Waals surface area contributed by atoms with Crippen LogP contribution in [0, 0.1) is 5.92 Å². The number of carbonyl (C=O) groups excluding carboxylic acids is 2. The highest BCUT2D eigenvalue weighted by Crippen LogP contribution is 2.28. The molecule has 1 aliphatic rings. The lowest BCUT2D eigenvalue weighted by molar-refractivity contribution is -0.150. The monoisotopic (exact) mass is 319 g/mol. The Morgan fingerprint density at radius 3 is 2.70 bits per heavy atom. The fraction of sp³-hybridized carbons (Fsp3) is 0.556. The molecule has 0 aliphatic carbocycles. The van der Waals surface area contributed by atoms with E-state index in [9.17, 15) is 9.59 Å². The molecule has 1 heterocycles. The van der Waals surface area contributed by atoms with E-state index in [2.05, 4.69) is 0 Å². The average molecular weight is 319 g/mol. The lowest BCUT2D eigenvalue weighted by Crippen LogP contribution is -2.45. The Labute approximate surface area is 137 Å². The minimum absolute atomic E-state index is 0.000254. The summed E-state index contributed by atoms with van der Waals surface area (Å²) in [6.45, 7) is 7.06. The quantitative estimate of drug-likeness (QED) is 0.724. The van der Waals surface area contributed by atoms with E-state index < -0.39 is 6.04 Å². The Bertz CT molecular complexity index is 582. The third-order valence-corrected chi connectivity index (χ3v) is 4.09. The molecule has 126 valence electrons. The van der Waals surface area contributed by atoms with Gasteiger partial charge in [0.05, 0.1) is 13.2 Å².